The van der Waals surface area contributed by atoms with Crippen molar-refractivity contribution >= 4 is 17.2 Å². The molecular weight excluding hydrogens is 272 g/mol. The van der Waals surface area contributed by atoms with E-state index < -0.39 is 0 Å². The van der Waals surface area contributed by atoms with Crippen LogP contribution in [0.3, 0.4) is 0 Å². The fourth-order valence-corrected chi connectivity index (χ4v) is 4.11. The van der Waals surface area contributed by atoms with Gasteiger partial charge in [-0.05, 0) is 55.0 Å². The van der Waals surface area contributed by atoms with Crippen LogP contribution in [-0.2, 0) is 9.53 Å². The molecule has 0 aromatic carbocycles. The van der Waals surface area contributed by atoms with Crippen molar-refractivity contribution in [2.75, 3.05) is 6.61 Å². The summed E-state index contributed by atoms with van der Waals surface area (Å²) in [4.78, 5) is 14.8. The third-order valence-electron chi connectivity index (χ3n) is 4.81. The van der Waals surface area contributed by atoms with Crippen LogP contribution in [0.5, 0.6) is 0 Å². The third-order valence-corrected chi connectivity index (χ3v) is 5.51. The number of amides is 1. The SMILES string of the molecule is CCOC1CC(N2C(=O)C3(CC3)NC2c2ccsc2)C1. The molecule has 3 fully saturated rings. The monoisotopic (exact) mass is 292 g/mol. The second kappa shape index (κ2) is 4.55. The van der Waals surface area contributed by atoms with Gasteiger partial charge in [0.1, 0.15) is 11.7 Å². The first-order chi connectivity index (χ1) is 9.73. The summed E-state index contributed by atoms with van der Waals surface area (Å²) in [6, 6.07) is 2.47. The van der Waals surface area contributed by atoms with Crippen molar-refractivity contribution in [2.45, 2.75) is 56.5 Å². The fourth-order valence-electron chi connectivity index (χ4n) is 3.43. The van der Waals surface area contributed by atoms with E-state index >= 15 is 0 Å². The zero-order valence-electron chi connectivity index (χ0n) is 11.7. The predicted molar refractivity (Wildman–Crippen MR) is 77.4 cm³/mol. The highest BCUT2D eigenvalue weighted by Crippen LogP contribution is 2.49. The lowest BCUT2D eigenvalue weighted by Gasteiger charge is -2.43. The highest BCUT2D eigenvalue weighted by molar-refractivity contribution is 7.08. The minimum atomic E-state index is -0.233. The molecule has 20 heavy (non-hydrogen) atoms. The molecule has 1 saturated heterocycles. The summed E-state index contributed by atoms with van der Waals surface area (Å²) in [7, 11) is 0. The summed E-state index contributed by atoms with van der Waals surface area (Å²) >= 11 is 1.69. The van der Waals surface area contributed by atoms with E-state index in [9.17, 15) is 4.79 Å². The number of nitrogens with zero attached hydrogens (tertiary/aromatic N) is 1. The Kier molecular flexibility index (Phi) is 2.91. The maximum absolute atomic E-state index is 12.7. The van der Waals surface area contributed by atoms with E-state index in [2.05, 4.69) is 27.0 Å². The molecule has 5 heteroatoms. The van der Waals surface area contributed by atoms with Crippen molar-refractivity contribution in [2.24, 2.45) is 0 Å². The highest BCUT2D eigenvalue weighted by atomic mass is 32.1. The van der Waals surface area contributed by atoms with Crippen molar-refractivity contribution in [1.82, 2.24) is 10.2 Å². The fraction of sp³-hybridized carbons (Fsp3) is 0.667. The van der Waals surface area contributed by atoms with Gasteiger partial charge in [0, 0.05) is 12.6 Å². The van der Waals surface area contributed by atoms with Gasteiger partial charge in [-0.1, -0.05) is 0 Å². The van der Waals surface area contributed by atoms with Gasteiger partial charge in [0.25, 0.3) is 0 Å². The summed E-state index contributed by atoms with van der Waals surface area (Å²) in [5.74, 6) is 0.314. The van der Waals surface area contributed by atoms with E-state index in [0.717, 1.165) is 32.3 Å². The number of thiophene rings is 1. The van der Waals surface area contributed by atoms with Crippen LogP contribution in [0.1, 0.15) is 44.3 Å². The summed E-state index contributed by atoms with van der Waals surface area (Å²) in [6.07, 6.45) is 4.37. The third kappa shape index (κ3) is 1.84. The maximum Gasteiger partial charge on any atom is 0.244 e. The second-order valence-corrected chi connectivity index (χ2v) is 6.88. The number of hydrogen-bond donors (Lipinski definition) is 1. The van der Waals surface area contributed by atoms with Crippen LogP contribution >= 0.6 is 11.3 Å². The first-order valence-corrected chi connectivity index (χ1v) is 8.42. The molecule has 4 nitrogen and oxygen atoms in total. The summed E-state index contributed by atoms with van der Waals surface area (Å²) in [5, 5.41) is 7.82. The normalized spacial score (nSPS) is 34.5. The number of hydrogen-bond acceptors (Lipinski definition) is 4. The van der Waals surface area contributed by atoms with Crippen LogP contribution in [-0.4, -0.2) is 35.1 Å². The standard InChI is InChI=1S/C15H20N2O2S/c1-2-19-12-7-11(8-12)17-13(10-3-6-20-9-10)16-15(4-5-15)14(17)18/h3,6,9,11-13,16H,2,4-5,7-8H2,1H3. The van der Waals surface area contributed by atoms with E-state index in [4.69, 9.17) is 4.74 Å². The van der Waals surface area contributed by atoms with Gasteiger partial charge in [0.05, 0.1) is 6.10 Å². The molecule has 3 aliphatic rings. The van der Waals surface area contributed by atoms with Crippen molar-refractivity contribution < 1.29 is 9.53 Å². The average molecular weight is 292 g/mol. The summed E-state index contributed by atoms with van der Waals surface area (Å²) < 4.78 is 5.64. The largest absolute Gasteiger partial charge is 0.378 e. The van der Waals surface area contributed by atoms with Gasteiger partial charge in [-0.25, -0.2) is 0 Å². The first-order valence-electron chi connectivity index (χ1n) is 7.48. The van der Waals surface area contributed by atoms with Crippen molar-refractivity contribution in [3.05, 3.63) is 22.4 Å². The Bertz CT molecular complexity index is 506. The number of nitrogens with one attached hydrogen (secondary N) is 1. The lowest BCUT2D eigenvalue weighted by atomic mass is 9.87. The van der Waals surface area contributed by atoms with Crippen molar-refractivity contribution in [3.63, 3.8) is 0 Å². The lowest BCUT2D eigenvalue weighted by Crippen LogP contribution is -2.50. The molecule has 1 aromatic heterocycles. The Morgan fingerprint density at radius 3 is 2.90 bits per heavy atom. The van der Waals surface area contributed by atoms with E-state index in [1.54, 1.807) is 11.3 Å². The molecular formula is C15H20N2O2S. The van der Waals surface area contributed by atoms with Crippen molar-refractivity contribution in [1.29, 1.82) is 0 Å². The molecule has 1 N–H and O–H groups in total. The Labute approximate surface area is 123 Å². The van der Waals surface area contributed by atoms with Crippen LogP contribution in [0.25, 0.3) is 0 Å². The average Bonchev–Trinajstić information content (AvgIpc) is 2.87. The van der Waals surface area contributed by atoms with Gasteiger partial charge in [-0.2, -0.15) is 11.3 Å². The minimum Gasteiger partial charge on any atom is -0.378 e. The van der Waals surface area contributed by atoms with E-state index in [1.807, 2.05) is 6.92 Å². The number of ether oxygens (including phenoxy) is 1. The Hall–Kier alpha value is -0.910. The number of carbonyl (C=O) groups excluding carboxylic acids is 1. The van der Waals surface area contributed by atoms with Crippen molar-refractivity contribution in [3.8, 4) is 0 Å². The Balaban J connectivity index is 1.54. The Morgan fingerprint density at radius 1 is 1.50 bits per heavy atom. The summed E-state index contributed by atoms with van der Waals surface area (Å²) in [5.41, 5.74) is 0.996. The molecule has 1 unspecified atom stereocenters. The van der Waals surface area contributed by atoms with Crippen LogP contribution in [0.2, 0.25) is 0 Å². The molecule has 1 atom stereocenters. The minimum absolute atomic E-state index is 0.0730. The van der Waals surface area contributed by atoms with Gasteiger partial charge >= 0.3 is 0 Å². The number of rotatable bonds is 4. The van der Waals surface area contributed by atoms with Crippen LogP contribution in [0.4, 0.5) is 0 Å². The maximum atomic E-state index is 12.7. The van der Waals surface area contributed by atoms with E-state index in [1.165, 1.54) is 5.56 Å². The van der Waals surface area contributed by atoms with E-state index in [0.29, 0.717) is 18.1 Å². The lowest BCUT2D eigenvalue weighted by molar-refractivity contribution is -0.139. The van der Waals surface area contributed by atoms with Crippen LogP contribution in [0.15, 0.2) is 16.8 Å². The molecule has 0 bridgehead atoms. The quantitative estimate of drug-likeness (QED) is 0.925. The zero-order valence-corrected chi connectivity index (χ0v) is 12.5. The topological polar surface area (TPSA) is 41.6 Å². The molecule has 4 rings (SSSR count). The molecule has 1 aliphatic heterocycles. The highest BCUT2D eigenvalue weighted by Gasteiger charge is 2.61. The Morgan fingerprint density at radius 2 is 2.30 bits per heavy atom. The molecule has 2 aliphatic carbocycles. The van der Waals surface area contributed by atoms with Gasteiger partial charge < -0.3 is 9.64 Å². The van der Waals surface area contributed by atoms with Gasteiger partial charge in [-0.15, -0.1) is 0 Å². The van der Waals surface area contributed by atoms with Crippen LogP contribution < -0.4 is 5.32 Å². The predicted octanol–water partition coefficient (Wildman–Crippen LogP) is 2.28. The smallest absolute Gasteiger partial charge is 0.244 e. The van der Waals surface area contributed by atoms with Gasteiger partial charge in [0.15, 0.2) is 0 Å². The molecule has 1 amide bonds. The molecule has 1 spiro atoms. The second-order valence-electron chi connectivity index (χ2n) is 6.10. The van der Waals surface area contributed by atoms with E-state index in [-0.39, 0.29) is 11.7 Å². The zero-order chi connectivity index (χ0) is 13.7. The first kappa shape index (κ1) is 12.8. The number of carbonyl (C=O) groups is 1. The van der Waals surface area contributed by atoms with Gasteiger partial charge in [-0.3, -0.25) is 10.1 Å². The molecule has 2 heterocycles. The van der Waals surface area contributed by atoms with Crippen LogP contribution in [0, 0.1) is 0 Å². The van der Waals surface area contributed by atoms with Gasteiger partial charge in [0.2, 0.25) is 5.91 Å². The molecule has 0 radical (unpaired) electrons. The molecule has 1 aromatic rings. The summed E-state index contributed by atoms with van der Waals surface area (Å²) in [6.45, 7) is 2.80. The molecule has 108 valence electrons. The molecule has 2 saturated carbocycles.